The Kier molecular flexibility index (Phi) is 3.94. The molecule has 0 bridgehead atoms. The van der Waals surface area contributed by atoms with Gasteiger partial charge in [0.1, 0.15) is 5.78 Å². The number of nitrogens with zero attached hydrogens (tertiary/aromatic N) is 2. The van der Waals surface area contributed by atoms with Crippen LogP contribution >= 0.6 is 0 Å². The summed E-state index contributed by atoms with van der Waals surface area (Å²) in [6, 6.07) is 9.45. The molecule has 0 aromatic heterocycles. The summed E-state index contributed by atoms with van der Waals surface area (Å²) in [5.41, 5.74) is 0.941. The molecule has 2 rings (SSSR count). The molecule has 1 aromatic carbocycles. The van der Waals surface area contributed by atoms with Crippen LogP contribution < -0.4 is 0 Å². The van der Waals surface area contributed by atoms with Crippen LogP contribution in [0, 0.1) is 0 Å². The second-order valence-corrected chi connectivity index (χ2v) is 4.32. The number of hydrogen-bond donors (Lipinski definition) is 1. The number of carboxylic acid groups (broad SMARTS) is 1. The Morgan fingerprint density at radius 1 is 1.22 bits per heavy atom. The molecule has 0 radical (unpaired) electrons. The van der Waals surface area contributed by atoms with Crippen molar-refractivity contribution in [1.82, 2.24) is 10.0 Å². The van der Waals surface area contributed by atoms with E-state index in [1.165, 1.54) is 5.01 Å². The quantitative estimate of drug-likeness (QED) is 0.885. The highest BCUT2D eigenvalue weighted by molar-refractivity contribution is 5.79. The SMILES string of the molecule is O=C1CCN(N(Cc2ccccc2)C(=O)O)CC1. The third kappa shape index (κ3) is 3.07. The monoisotopic (exact) mass is 248 g/mol. The van der Waals surface area contributed by atoms with Crippen molar-refractivity contribution in [3.05, 3.63) is 35.9 Å². The fourth-order valence-electron chi connectivity index (χ4n) is 2.03. The Bertz CT molecular complexity index is 423. The summed E-state index contributed by atoms with van der Waals surface area (Å²) in [4.78, 5) is 22.5. The number of amides is 1. The molecule has 1 aromatic rings. The Morgan fingerprint density at radius 3 is 2.39 bits per heavy atom. The lowest BCUT2D eigenvalue weighted by Gasteiger charge is -2.34. The Balaban J connectivity index is 2.04. The summed E-state index contributed by atoms with van der Waals surface area (Å²) in [7, 11) is 0. The van der Waals surface area contributed by atoms with E-state index >= 15 is 0 Å². The molecule has 96 valence electrons. The van der Waals surface area contributed by atoms with Crippen molar-refractivity contribution in [2.45, 2.75) is 19.4 Å². The van der Waals surface area contributed by atoms with E-state index < -0.39 is 6.09 Å². The van der Waals surface area contributed by atoms with E-state index in [4.69, 9.17) is 0 Å². The van der Waals surface area contributed by atoms with Crippen molar-refractivity contribution in [1.29, 1.82) is 0 Å². The van der Waals surface area contributed by atoms with Crippen LogP contribution in [0.15, 0.2) is 30.3 Å². The number of benzene rings is 1. The van der Waals surface area contributed by atoms with E-state index in [-0.39, 0.29) is 5.78 Å². The maximum absolute atomic E-state index is 11.3. The second-order valence-electron chi connectivity index (χ2n) is 4.32. The zero-order valence-corrected chi connectivity index (χ0v) is 10.1. The molecular formula is C13H16N2O3. The highest BCUT2D eigenvalue weighted by Gasteiger charge is 2.25. The minimum atomic E-state index is -0.979. The molecule has 0 saturated carbocycles. The number of carbonyl (C=O) groups excluding carboxylic acids is 1. The zero-order valence-electron chi connectivity index (χ0n) is 10.1. The summed E-state index contributed by atoms with van der Waals surface area (Å²) < 4.78 is 0. The smallest absolute Gasteiger partial charge is 0.422 e. The Morgan fingerprint density at radius 2 is 1.83 bits per heavy atom. The Hall–Kier alpha value is -1.88. The van der Waals surface area contributed by atoms with E-state index in [0.717, 1.165) is 5.56 Å². The molecule has 0 spiro atoms. The van der Waals surface area contributed by atoms with Crippen LogP contribution in [0.1, 0.15) is 18.4 Å². The maximum Gasteiger partial charge on any atom is 0.422 e. The van der Waals surface area contributed by atoms with E-state index in [0.29, 0.717) is 32.5 Å². The topological polar surface area (TPSA) is 60.9 Å². The first-order valence-electron chi connectivity index (χ1n) is 5.98. The van der Waals surface area contributed by atoms with Crippen molar-refractivity contribution in [2.24, 2.45) is 0 Å². The summed E-state index contributed by atoms with van der Waals surface area (Å²) in [6.45, 7) is 1.29. The minimum Gasteiger partial charge on any atom is -0.464 e. The van der Waals surface area contributed by atoms with Crippen LogP contribution in [0.3, 0.4) is 0 Å². The van der Waals surface area contributed by atoms with Gasteiger partial charge in [0.15, 0.2) is 0 Å². The van der Waals surface area contributed by atoms with Crippen LogP contribution in [-0.2, 0) is 11.3 Å². The summed E-state index contributed by atoms with van der Waals surface area (Å²) in [5, 5.41) is 12.3. The number of Topliss-reactive ketones (excluding diaryl/α,β-unsaturated/α-hetero) is 1. The molecule has 1 aliphatic rings. The van der Waals surface area contributed by atoms with Crippen molar-refractivity contribution >= 4 is 11.9 Å². The molecule has 1 heterocycles. The van der Waals surface area contributed by atoms with Gasteiger partial charge >= 0.3 is 6.09 Å². The van der Waals surface area contributed by atoms with Gasteiger partial charge in [0, 0.05) is 25.9 Å². The number of hydrazine groups is 1. The van der Waals surface area contributed by atoms with Gasteiger partial charge < -0.3 is 5.11 Å². The summed E-state index contributed by atoms with van der Waals surface area (Å²) in [6.07, 6.45) is -0.120. The van der Waals surface area contributed by atoms with E-state index in [1.807, 2.05) is 30.3 Å². The molecule has 0 atom stereocenters. The molecular weight excluding hydrogens is 232 g/mol. The van der Waals surface area contributed by atoms with Crippen molar-refractivity contribution in [3.8, 4) is 0 Å². The number of hydrogen-bond acceptors (Lipinski definition) is 3. The number of ketones is 1. The summed E-state index contributed by atoms with van der Waals surface area (Å²) >= 11 is 0. The average Bonchev–Trinajstić information content (AvgIpc) is 2.38. The lowest BCUT2D eigenvalue weighted by Crippen LogP contribution is -2.49. The predicted octanol–water partition coefficient (Wildman–Crippen LogP) is 1.75. The normalized spacial score (nSPS) is 16.6. The third-order valence-electron chi connectivity index (χ3n) is 3.03. The molecule has 1 saturated heterocycles. The lowest BCUT2D eigenvalue weighted by atomic mass is 10.1. The number of piperidine rings is 1. The van der Waals surface area contributed by atoms with E-state index in [9.17, 15) is 14.7 Å². The fourth-order valence-corrected chi connectivity index (χ4v) is 2.03. The van der Waals surface area contributed by atoms with Gasteiger partial charge in [-0.1, -0.05) is 30.3 Å². The highest BCUT2D eigenvalue weighted by atomic mass is 16.4. The molecule has 0 unspecified atom stereocenters. The van der Waals surface area contributed by atoms with Crippen LogP contribution in [0.4, 0.5) is 4.79 Å². The van der Waals surface area contributed by atoms with Gasteiger partial charge in [-0.15, -0.1) is 0 Å². The average molecular weight is 248 g/mol. The lowest BCUT2D eigenvalue weighted by molar-refractivity contribution is -0.125. The first-order chi connectivity index (χ1) is 8.66. The van der Waals surface area contributed by atoms with E-state index in [2.05, 4.69) is 0 Å². The van der Waals surface area contributed by atoms with Crippen molar-refractivity contribution < 1.29 is 14.7 Å². The van der Waals surface area contributed by atoms with Gasteiger partial charge in [-0.2, -0.15) is 0 Å². The minimum absolute atomic E-state index is 0.205. The van der Waals surface area contributed by atoms with Gasteiger partial charge in [0.25, 0.3) is 0 Å². The maximum atomic E-state index is 11.3. The van der Waals surface area contributed by atoms with Crippen molar-refractivity contribution in [3.63, 3.8) is 0 Å². The van der Waals surface area contributed by atoms with Crippen LogP contribution in [0.25, 0.3) is 0 Å². The highest BCUT2D eigenvalue weighted by Crippen LogP contribution is 2.13. The first-order valence-corrected chi connectivity index (χ1v) is 5.98. The van der Waals surface area contributed by atoms with Crippen LogP contribution in [-0.4, -0.2) is 40.1 Å². The predicted molar refractivity (Wildman–Crippen MR) is 65.8 cm³/mol. The molecule has 18 heavy (non-hydrogen) atoms. The second kappa shape index (κ2) is 5.64. The van der Waals surface area contributed by atoms with E-state index in [1.54, 1.807) is 5.01 Å². The van der Waals surface area contributed by atoms with Gasteiger partial charge in [-0.05, 0) is 5.56 Å². The summed E-state index contributed by atoms with van der Waals surface area (Å²) in [5.74, 6) is 0.205. The zero-order chi connectivity index (χ0) is 13.0. The van der Waals surface area contributed by atoms with Gasteiger partial charge in [-0.25, -0.2) is 14.8 Å². The number of carbonyl (C=O) groups is 2. The van der Waals surface area contributed by atoms with Gasteiger partial charge in [-0.3, -0.25) is 4.79 Å². The van der Waals surface area contributed by atoms with Crippen molar-refractivity contribution in [2.75, 3.05) is 13.1 Å². The largest absolute Gasteiger partial charge is 0.464 e. The van der Waals surface area contributed by atoms with Crippen LogP contribution in [0.2, 0.25) is 0 Å². The molecule has 1 N–H and O–H groups in total. The van der Waals surface area contributed by atoms with Gasteiger partial charge in [0.2, 0.25) is 0 Å². The first kappa shape index (κ1) is 12.6. The standard InChI is InChI=1S/C13H16N2O3/c16-12-6-8-14(9-7-12)15(13(17)18)10-11-4-2-1-3-5-11/h1-5H,6-10H2,(H,17,18). The molecule has 0 aliphatic carbocycles. The molecule has 5 nitrogen and oxygen atoms in total. The number of rotatable bonds is 3. The third-order valence-corrected chi connectivity index (χ3v) is 3.03. The molecule has 1 fully saturated rings. The fraction of sp³-hybridized carbons (Fsp3) is 0.385. The Labute approximate surface area is 106 Å². The molecule has 1 amide bonds. The molecule has 5 heteroatoms. The van der Waals surface area contributed by atoms with Gasteiger partial charge in [0.05, 0.1) is 6.54 Å². The van der Waals surface area contributed by atoms with Crippen LogP contribution in [0.5, 0.6) is 0 Å². The molecule has 1 aliphatic heterocycles.